The number of aryl methyl sites for hydroxylation is 2. The number of hydrogen-bond donors (Lipinski definition) is 0. The standard InChI is InChI=1S/C25H27N3O5/c1-18-7-9-23(22(15-18)28(30)31)32-17-21-8-10-24(33-21)25(29)27-13-11-26(12-14-27)16-20-6-4-3-5-19(20)2/h3-10,15H,11-14,16-17H2,1-2H3. The Kier molecular flexibility index (Phi) is 6.74. The van der Waals surface area contributed by atoms with Crippen LogP contribution >= 0.6 is 0 Å². The molecule has 0 spiro atoms. The van der Waals surface area contributed by atoms with Crippen LogP contribution in [-0.4, -0.2) is 46.8 Å². The number of furan rings is 1. The maximum atomic E-state index is 12.9. The third-order valence-corrected chi connectivity index (χ3v) is 5.87. The molecule has 2 heterocycles. The Balaban J connectivity index is 1.31. The lowest BCUT2D eigenvalue weighted by atomic mass is 10.1. The number of carbonyl (C=O) groups is 1. The van der Waals surface area contributed by atoms with Gasteiger partial charge >= 0.3 is 5.69 Å². The van der Waals surface area contributed by atoms with Gasteiger partial charge in [-0.05, 0) is 48.7 Å². The second-order valence-electron chi connectivity index (χ2n) is 8.28. The molecule has 4 rings (SSSR count). The number of nitro benzene ring substituents is 1. The van der Waals surface area contributed by atoms with E-state index >= 15 is 0 Å². The lowest BCUT2D eigenvalue weighted by Crippen LogP contribution is -2.48. The van der Waals surface area contributed by atoms with Gasteiger partial charge in [0.1, 0.15) is 12.4 Å². The summed E-state index contributed by atoms with van der Waals surface area (Å²) in [6, 6.07) is 16.4. The Labute approximate surface area is 192 Å². The predicted molar refractivity (Wildman–Crippen MR) is 123 cm³/mol. The average molecular weight is 450 g/mol. The van der Waals surface area contributed by atoms with Crippen LogP contribution in [0.25, 0.3) is 0 Å². The van der Waals surface area contributed by atoms with E-state index in [0.29, 0.717) is 18.8 Å². The van der Waals surface area contributed by atoms with Crippen molar-refractivity contribution in [2.24, 2.45) is 0 Å². The van der Waals surface area contributed by atoms with Gasteiger partial charge in [0.2, 0.25) is 0 Å². The van der Waals surface area contributed by atoms with Crippen LogP contribution in [0, 0.1) is 24.0 Å². The zero-order valence-corrected chi connectivity index (χ0v) is 18.8. The third kappa shape index (κ3) is 5.40. The number of nitrogens with zero attached hydrogens (tertiary/aromatic N) is 3. The number of carbonyl (C=O) groups excluding carboxylic acids is 1. The smallest absolute Gasteiger partial charge is 0.311 e. The molecule has 172 valence electrons. The van der Waals surface area contributed by atoms with Gasteiger partial charge in [0.15, 0.2) is 11.5 Å². The van der Waals surface area contributed by atoms with Crippen molar-refractivity contribution in [3.63, 3.8) is 0 Å². The summed E-state index contributed by atoms with van der Waals surface area (Å²) < 4.78 is 11.3. The van der Waals surface area contributed by atoms with E-state index in [-0.39, 0.29) is 29.7 Å². The first-order valence-corrected chi connectivity index (χ1v) is 10.9. The highest BCUT2D eigenvalue weighted by atomic mass is 16.6. The molecule has 1 saturated heterocycles. The van der Waals surface area contributed by atoms with Crippen LogP contribution in [0.5, 0.6) is 5.75 Å². The zero-order chi connectivity index (χ0) is 23.4. The molecule has 0 aliphatic carbocycles. The second-order valence-corrected chi connectivity index (χ2v) is 8.28. The van der Waals surface area contributed by atoms with Gasteiger partial charge in [-0.2, -0.15) is 0 Å². The Morgan fingerprint density at radius 1 is 1.06 bits per heavy atom. The number of rotatable bonds is 7. The lowest BCUT2D eigenvalue weighted by molar-refractivity contribution is -0.386. The Morgan fingerprint density at radius 2 is 1.82 bits per heavy atom. The quantitative estimate of drug-likeness (QED) is 0.394. The van der Waals surface area contributed by atoms with Crippen LogP contribution in [-0.2, 0) is 13.2 Å². The number of piperazine rings is 1. The first-order valence-electron chi connectivity index (χ1n) is 10.9. The first-order chi connectivity index (χ1) is 15.9. The van der Waals surface area contributed by atoms with E-state index in [2.05, 4.69) is 30.0 Å². The minimum absolute atomic E-state index is 0.00137. The summed E-state index contributed by atoms with van der Waals surface area (Å²) in [5.41, 5.74) is 3.26. The van der Waals surface area contributed by atoms with Crippen molar-refractivity contribution in [2.45, 2.75) is 27.0 Å². The molecule has 0 atom stereocenters. The number of ether oxygens (including phenoxy) is 1. The number of benzene rings is 2. The molecule has 3 aromatic rings. The molecule has 0 unspecified atom stereocenters. The van der Waals surface area contributed by atoms with Gasteiger partial charge < -0.3 is 14.1 Å². The number of amides is 1. The highest BCUT2D eigenvalue weighted by molar-refractivity contribution is 5.91. The van der Waals surface area contributed by atoms with Gasteiger partial charge in [-0.15, -0.1) is 0 Å². The maximum absolute atomic E-state index is 12.9. The van der Waals surface area contributed by atoms with Crippen LogP contribution in [0.15, 0.2) is 59.0 Å². The highest BCUT2D eigenvalue weighted by Crippen LogP contribution is 2.28. The van der Waals surface area contributed by atoms with Crippen molar-refractivity contribution < 1.29 is 18.9 Å². The fraction of sp³-hybridized carbons (Fsp3) is 0.320. The van der Waals surface area contributed by atoms with Gasteiger partial charge in [-0.3, -0.25) is 19.8 Å². The Bertz CT molecular complexity index is 1150. The molecule has 1 aliphatic rings. The molecule has 8 nitrogen and oxygen atoms in total. The molecule has 33 heavy (non-hydrogen) atoms. The molecule has 8 heteroatoms. The third-order valence-electron chi connectivity index (χ3n) is 5.87. The molecule has 1 aliphatic heterocycles. The van der Waals surface area contributed by atoms with Gasteiger partial charge in [0.25, 0.3) is 5.91 Å². The van der Waals surface area contributed by atoms with Crippen molar-refractivity contribution in [2.75, 3.05) is 26.2 Å². The molecule has 1 aromatic heterocycles. The second kappa shape index (κ2) is 9.87. The SMILES string of the molecule is Cc1ccc(OCc2ccc(C(=O)N3CCN(Cc4ccccc4C)CC3)o2)c([N+](=O)[O-])c1. The molecular formula is C25H27N3O5. The summed E-state index contributed by atoms with van der Waals surface area (Å²) in [6.07, 6.45) is 0. The van der Waals surface area contributed by atoms with Crippen LogP contribution < -0.4 is 4.74 Å². The van der Waals surface area contributed by atoms with Gasteiger partial charge in [0, 0.05) is 38.8 Å². The lowest BCUT2D eigenvalue weighted by Gasteiger charge is -2.34. The molecule has 0 radical (unpaired) electrons. The van der Waals surface area contributed by atoms with Gasteiger partial charge in [0.05, 0.1) is 4.92 Å². The summed E-state index contributed by atoms with van der Waals surface area (Å²) in [6.45, 7) is 7.64. The van der Waals surface area contributed by atoms with Crippen LogP contribution in [0.4, 0.5) is 5.69 Å². The van der Waals surface area contributed by atoms with E-state index in [4.69, 9.17) is 9.15 Å². The van der Waals surface area contributed by atoms with E-state index in [9.17, 15) is 14.9 Å². The van der Waals surface area contributed by atoms with Crippen LogP contribution in [0.3, 0.4) is 0 Å². The van der Waals surface area contributed by atoms with E-state index in [0.717, 1.165) is 25.2 Å². The molecule has 1 amide bonds. The van der Waals surface area contributed by atoms with E-state index in [1.165, 1.54) is 17.2 Å². The largest absolute Gasteiger partial charge is 0.479 e. The molecule has 2 aromatic carbocycles. The Morgan fingerprint density at radius 3 is 2.55 bits per heavy atom. The van der Waals surface area contributed by atoms with Crippen molar-refractivity contribution in [1.29, 1.82) is 0 Å². The summed E-state index contributed by atoms with van der Waals surface area (Å²) in [5.74, 6) is 0.698. The fourth-order valence-electron chi connectivity index (χ4n) is 3.90. The van der Waals surface area contributed by atoms with Crippen molar-refractivity contribution in [3.05, 3.63) is 92.9 Å². The molecule has 1 fully saturated rings. The summed E-state index contributed by atoms with van der Waals surface area (Å²) in [4.78, 5) is 27.8. The van der Waals surface area contributed by atoms with E-state index in [1.54, 1.807) is 36.1 Å². The average Bonchev–Trinajstić information content (AvgIpc) is 3.29. The number of hydrogen-bond acceptors (Lipinski definition) is 6. The van der Waals surface area contributed by atoms with Crippen LogP contribution in [0.1, 0.15) is 33.0 Å². The van der Waals surface area contributed by atoms with Crippen molar-refractivity contribution in [3.8, 4) is 5.75 Å². The molecule has 0 N–H and O–H groups in total. The minimum atomic E-state index is -0.474. The fourth-order valence-corrected chi connectivity index (χ4v) is 3.90. The van der Waals surface area contributed by atoms with Gasteiger partial charge in [-0.25, -0.2) is 0 Å². The van der Waals surface area contributed by atoms with Crippen molar-refractivity contribution in [1.82, 2.24) is 9.80 Å². The summed E-state index contributed by atoms with van der Waals surface area (Å²) in [5, 5.41) is 11.2. The minimum Gasteiger partial charge on any atom is -0.479 e. The first kappa shape index (κ1) is 22.5. The monoisotopic (exact) mass is 449 g/mol. The van der Waals surface area contributed by atoms with Gasteiger partial charge in [-0.1, -0.05) is 30.3 Å². The topological polar surface area (TPSA) is 89.1 Å². The van der Waals surface area contributed by atoms with Crippen molar-refractivity contribution >= 4 is 11.6 Å². The van der Waals surface area contributed by atoms with Crippen LogP contribution in [0.2, 0.25) is 0 Å². The normalized spacial score (nSPS) is 14.3. The van der Waals surface area contributed by atoms with E-state index in [1.807, 2.05) is 6.07 Å². The maximum Gasteiger partial charge on any atom is 0.311 e. The summed E-state index contributed by atoms with van der Waals surface area (Å²) in [7, 11) is 0. The number of nitro groups is 1. The predicted octanol–water partition coefficient (Wildman–Crippen LogP) is 4.34. The Hall–Kier alpha value is -3.65. The summed E-state index contributed by atoms with van der Waals surface area (Å²) >= 11 is 0. The molecular weight excluding hydrogens is 422 g/mol. The van der Waals surface area contributed by atoms with E-state index < -0.39 is 4.92 Å². The molecule has 0 bridgehead atoms. The molecule has 0 saturated carbocycles. The zero-order valence-electron chi connectivity index (χ0n) is 18.8. The highest BCUT2D eigenvalue weighted by Gasteiger charge is 2.25.